The van der Waals surface area contributed by atoms with Crippen molar-refractivity contribution in [3.8, 4) is 0 Å². The molecule has 2 unspecified atom stereocenters. The lowest BCUT2D eigenvalue weighted by molar-refractivity contribution is 0.263. The van der Waals surface area contributed by atoms with E-state index >= 15 is 0 Å². The van der Waals surface area contributed by atoms with Gasteiger partial charge >= 0.3 is 0 Å². The molecule has 0 aromatic carbocycles. The second-order valence-electron chi connectivity index (χ2n) is 11.2. The zero-order valence-electron chi connectivity index (χ0n) is 24.5. The van der Waals surface area contributed by atoms with Crippen molar-refractivity contribution in [1.82, 2.24) is 0 Å². The standard InChI is InChI=1S/C32H65Cl.H3P/c1-5-9-13-17-18-19-20-21-22-24-28-31(27-23-14-10-6-2)32(33,29-25-15-11-7-3)30-26-16-12-8-4;/h31H,5-30H2,1-4H3;1H3. The molecule has 0 saturated heterocycles. The van der Waals surface area contributed by atoms with Crippen LogP contribution in [0, 0.1) is 5.92 Å². The Balaban J connectivity index is 0. The summed E-state index contributed by atoms with van der Waals surface area (Å²) in [6.45, 7) is 9.28. The molecule has 0 aliphatic heterocycles. The summed E-state index contributed by atoms with van der Waals surface area (Å²) >= 11 is 7.60. The molecule has 0 spiro atoms. The van der Waals surface area contributed by atoms with E-state index in [-0.39, 0.29) is 14.8 Å². The first-order valence-corrected chi connectivity index (χ1v) is 16.2. The predicted octanol–water partition coefficient (Wildman–Crippen LogP) is 12.9. The molecule has 0 bridgehead atoms. The summed E-state index contributed by atoms with van der Waals surface area (Å²) in [6.07, 6.45) is 36.0. The second kappa shape index (κ2) is 28.3. The maximum Gasteiger partial charge on any atom is 0.0475 e. The highest BCUT2D eigenvalue weighted by Gasteiger charge is 2.35. The minimum atomic E-state index is 0. The lowest BCUT2D eigenvalue weighted by Gasteiger charge is -2.37. The molecule has 2 atom stereocenters. The number of rotatable bonds is 27. The van der Waals surface area contributed by atoms with Gasteiger partial charge in [-0.3, -0.25) is 0 Å². The molecular weight excluding hydrogens is 451 g/mol. The van der Waals surface area contributed by atoms with Crippen LogP contribution >= 0.6 is 21.5 Å². The van der Waals surface area contributed by atoms with E-state index in [1.807, 2.05) is 0 Å². The molecule has 0 aliphatic rings. The first kappa shape index (κ1) is 36.9. The molecule has 0 N–H and O–H groups in total. The Hall–Kier alpha value is 0.720. The zero-order chi connectivity index (χ0) is 24.5. The van der Waals surface area contributed by atoms with Crippen molar-refractivity contribution in [2.24, 2.45) is 5.92 Å². The number of hydrogen-bond donors (Lipinski definition) is 0. The molecule has 34 heavy (non-hydrogen) atoms. The molecule has 0 heterocycles. The van der Waals surface area contributed by atoms with E-state index in [4.69, 9.17) is 11.6 Å². The molecule has 0 aromatic rings. The van der Waals surface area contributed by atoms with Crippen LogP contribution < -0.4 is 0 Å². The number of halogens is 1. The lowest BCUT2D eigenvalue weighted by atomic mass is 9.77. The Morgan fingerprint density at radius 1 is 0.412 bits per heavy atom. The van der Waals surface area contributed by atoms with Gasteiger partial charge < -0.3 is 0 Å². The van der Waals surface area contributed by atoms with Crippen LogP contribution in [0.3, 0.4) is 0 Å². The Morgan fingerprint density at radius 2 is 0.676 bits per heavy atom. The second-order valence-corrected chi connectivity index (χ2v) is 11.9. The molecule has 0 amide bonds. The highest BCUT2D eigenvalue weighted by molar-refractivity contribution is 6.92. The zero-order valence-corrected chi connectivity index (χ0v) is 26.7. The highest BCUT2D eigenvalue weighted by atomic mass is 35.5. The van der Waals surface area contributed by atoms with E-state index in [0.717, 1.165) is 5.92 Å². The summed E-state index contributed by atoms with van der Waals surface area (Å²) in [5.41, 5.74) is 0. The van der Waals surface area contributed by atoms with E-state index in [2.05, 4.69) is 27.7 Å². The average molecular weight is 519 g/mol. The van der Waals surface area contributed by atoms with Crippen LogP contribution in [0.25, 0.3) is 0 Å². The van der Waals surface area contributed by atoms with Crippen LogP contribution in [-0.2, 0) is 0 Å². The first-order chi connectivity index (χ1) is 16.1. The highest BCUT2D eigenvalue weighted by Crippen LogP contribution is 2.42. The summed E-state index contributed by atoms with van der Waals surface area (Å²) in [5.74, 6) is 0.744. The van der Waals surface area contributed by atoms with E-state index in [1.54, 1.807) is 0 Å². The monoisotopic (exact) mass is 518 g/mol. The van der Waals surface area contributed by atoms with Crippen molar-refractivity contribution in [2.75, 3.05) is 0 Å². The number of hydrogen-bond acceptors (Lipinski definition) is 0. The normalized spacial score (nSPS) is 12.6. The Morgan fingerprint density at radius 3 is 1.03 bits per heavy atom. The van der Waals surface area contributed by atoms with Crippen molar-refractivity contribution in [1.29, 1.82) is 0 Å². The van der Waals surface area contributed by atoms with Crippen molar-refractivity contribution in [3.05, 3.63) is 0 Å². The molecule has 0 aliphatic carbocycles. The van der Waals surface area contributed by atoms with Crippen molar-refractivity contribution >= 4 is 21.5 Å². The van der Waals surface area contributed by atoms with Gasteiger partial charge in [0, 0.05) is 4.87 Å². The van der Waals surface area contributed by atoms with Crippen molar-refractivity contribution in [2.45, 2.75) is 200 Å². The Labute approximate surface area is 226 Å². The summed E-state index contributed by atoms with van der Waals surface area (Å²) in [7, 11) is 0. The van der Waals surface area contributed by atoms with Gasteiger partial charge in [-0.05, 0) is 31.6 Å². The SMILES string of the molecule is CCCCCCCCCCCCC(CCCCCC)C(Cl)(CCCCCC)CCCCCC.P. The maximum absolute atomic E-state index is 7.60. The van der Waals surface area contributed by atoms with Gasteiger partial charge in [0.05, 0.1) is 0 Å². The molecule has 208 valence electrons. The molecule has 0 radical (unpaired) electrons. The van der Waals surface area contributed by atoms with Gasteiger partial charge in [-0.2, -0.15) is 9.90 Å². The average Bonchev–Trinajstić information content (AvgIpc) is 2.82. The molecule has 0 rings (SSSR count). The fraction of sp³-hybridized carbons (Fsp3) is 1.00. The van der Waals surface area contributed by atoms with E-state index in [0.29, 0.717) is 0 Å². The third kappa shape index (κ3) is 22.0. The van der Waals surface area contributed by atoms with Crippen molar-refractivity contribution in [3.63, 3.8) is 0 Å². The van der Waals surface area contributed by atoms with Gasteiger partial charge in [0.2, 0.25) is 0 Å². The van der Waals surface area contributed by atoms with Crippen LogP contribution in [0.2, 0.25) is 0 Å². The minimum Gasteiger partial charge on any atom is -0.153 e. The number of alkyl halides is 1. The van der Waals surface area contributed by atoms with Gasteiger partial charge in [-0.1, -0.05) is 169 Å². The Bertz CT molecular complexity index is 358. The lowest BCUT2D eigenvalue weighted by Crippen LogP contribution is -2.32. The molecule has 0 fully saturated rings. The Kier molecular flexibility index (Phi) is 30.7. The summed E-state index contributed by atoms with van der Waals surface area (Å²) in [6, 6.07) is 0. The van der Waals surface area contributed by atoms with Gasteiger partial charge in [0.15, 0.2) is 0 Å². The molecule has 2 heteroatoms. The molecule has 0 aromatic heterocycles. The van der Waals surface area contributed by atoms with Gasteiger partial charge in [0.25, 0.3) is 0 Å². The summed E-state index contributed by atoms with van der Waals surface area (Å²) in [4.78, 5) is 0.0764. The molecule has 0 nitrogen and oxygen atoms in total. The fourth-order valence-corrected chi connectivity index (χ4v) is 6.07. The van der Waals surface area contributed by atoms with E-state index < -0.39 is 0 Å². The third-order valence-corrected chi connectivity index (χ3v) is 8.62. The minimum absolute atomic E-state index is 0. The van der Waals surface area contributed by atoms with Crippen LogP contribution in [0.15, 0.2) is 0 Å². The van der Waals surface area contributed by atoms with Gasteiger partial charge in [-0.25, -0.2) is 0 Å². The topological polar surface area (TPSA) is 0 Å². The van der Waals surface area contributed by atoms with Gasteiger partial charge in [0.1, 0.15) is 0 Å². The van der Waals surface area contributed by atoms with Crippen LogP contribution in [0.1, 0.15) is 195 Å². The molecule has 0 saturated carbocycles. The number of unbranched alkanes of at least 4 members (excludes halogenated alkanes) is 18. The van der Waals surface area contributed by atoms with Crippen molar-refractivity contribution < 1.29 is 0 Å². The van der Waals surface area contributed by atoms with Crippen LogP contribution in [0.4, 0.5) is 0 Å². The smallest absolute Gasteiger partial charge is 0.0475 e. The summed E-state index contributed by atoms with van der Waals surface area (Å²) < 4.78 is 0. The maximum atomic E-state index is 7.60. The largest absolute Gasteiger partial charge is 0.153 e. The van der Waals surface area contributed by atoms with E-state index in [9.17, 15) is 0 Å². The fourth-order valence-electron chi connectivity index (χ4n) is 5.58. The predicted molar refractivity (Wildman–Crippen MR) is 166 cm³/mol. The van der Waals surface area contributed by atoms with E-state index in [1.165, 1.54) is 167 Å². The van der Waals surface area contributed by atoms with Crippen LogP contribution in [0.5, 0.6) is 0 Å². The summed E-state index contributed by atoms with van der Waals surface area (Å²) in [5, 5.41) is 0. The molecular formula is C32H68ClP. The first-order valence-electron chi connectivity index (χ1n) is 15.8. The van der Waals surface area contributed by atoms with Gasteiger partial charge in [-0.15, -0.1) is 11.6 Å². The van der Waals surface area contributed by atoms with Crippen LogP contribution in [-0.4, -0.2) is 4.87 Å². The quantitative estimate of drug-likeness (QED) is 0.0575. The third-order valence-electron chi connectivity index (χ3n) is 7.94.